The molecule has 5 heteroatoms. The molecule has 1 aliphatic heterocycles. The molecule has 0 aromatic heterocycles. The predicted octanol–water partition coefficient (Wildman–Crippen LogP) is 6.62. The van der Waals surface area contributed by atoms with Crippen LogP contribution in [0.3, 0.4) is 0 Å². The molecule has 0 spiro atoms. The number of anilines is 3. The summed E-state index contributed by atoms with van der Waals surface area (Å²) >= 11 is 1.49. The molecule has 0 bridgehead atoms. The zero-order chi connectivity index (χ0) is 23.4. The van der Waals surface area contributed by atoms with Gasteiger partial charge in [-0.05, 0) is 59.7 Å². The van der Waals surface area contributed by atoms with Gasteiger partial charge < -0.3 is 5.32 Å². The first-order chi connectivity index (χ1) is 15.8. The monoisotopic (exact) mass is 458 g/mol. The number of rotatable bonds is 5. The molecular formula is C28H30N2O2S. The van der Waals surface area contributed by atoms with Gasteiger partial charge in [0, 0.05) is 17.0 Å². The van der Waals surface area contributed by atoms with E-state index in [-0.39, 0.29) is 17.2 Å². The van der Waals surface area contributed by atoms with E-state index in [9.17, 15) is 9.59 Å². The van der Waals surface area contributed by atoms with Gasteiger partial charge in [0.2, 0.25) is 11.8 Å². The number of benzene rings is 3. The maximum Gasteiger partial charge on any atom is 0.241 e. The highest BCUT2D eigenvalue weighted by Crippen LogP contribution is 2.37. The second-order valence-corrected chi connectivity index (χ2v) is 10.6. The van der Waals surface area contributed by atoms with Crippen molar-refractivity contribution in [3.8, 4) is 0 Å². The maximum atomic E-state index is 13.5. The van der Waals surface area contributed by atoms with Gasteiger partial charge in [0.1, 0.15) is 0 Å². The molecule has 3 aromatic rings. The average molecular weight is 459 g/mol. The Morgan fingerprint density at radius 1 is 0.879 bits per heavy atom. The largest absolute Gasteiger partial charge is 0.326 e. The molecule has 0 unspecified atom stereocenters. The van der Waals surface area contributed by atoms with Crippen LogP contribution in [0.5, 0.6) is 0 Å². The summed E-state index contributed by atoms with van der Waals surface area (Å²) < 4.78 is 0. The van der Waals surface area contributed by atoms with E-state index >= 15 is 0 Å². The average Bonchev–Trinajstić information content (AvgIpc) is 2.93. The van der Waals surface area contributed by atoms with Gasteiger partial charge in [-0.15, -0.1) is 11.8 Å². The fraction of sp³-hybridized carbons (Fsp3) is 0.286. The van der Waals surface area contributed by atoms with Gasteiger partial charge in [-0.2, -0.15) is 0 Å². The number of hydrogen-bond acceptors (Lipinski definition) is 3. The van der Waals surface area contributed by atoms with Gasteiger partial charge in [-0.3, -0.25) is 14.5 Å². The summed E-state index contributed by atoms with van der Waals surface area (Å²) in [7, 11) is 0. The Kier molecular flexibility index (Phi) is 6.89. The SMILES string of the molecule is CC(C)(C)CC(=O)Nc1cccc(SCC(=O)N2c3ccccc3CCc3ccccc32)c1. The van der Waals surface area contributed by atoms with Crippen LogP contribution in [-0.4, -0.2) is 17.6 Å². The van der Waals surface area contributed by atoms with Crippen molar-refractivity contribution in [1.29, 1.82) is 0 Å². The predicted molar refractivity (Wildman–Crippen MR) is 137 cm³/mol. The molecule has 0 fully saturated rings. The summed E-state index contributed by atoms with van der Waals surface area (Å²) in [5.74, 6) is 0.352. The van der Waals surface area contributed by atoms with E-state index in [1.54, 1.807) is 0 Å². The second kappa shape index (κ2) is 9.84. The topological polar surface area (TPSA) is 49.4 Å². The van der Waals surface area contributed by atoms with Gasteiger partial charge in [-0.1, -0.05) is 63.2 Å². The molecule has 1 aliphatic rings. The van der Waals surface area contributed by atoms with Gasteiger partial charge in [0.15, 0.2) is 0 Å². The van der Waals surface area contributed by atoms with E-state index in [4.69, 9.17) is 0 Å². The number of carbonyl (C=O) groups excluding carboxylic acids is 2. The highest BCUT2D eigenvalue weighted by atomic mass is 32.2. The molecule has 0 aliphatic carbocycles. The van der Waals surface area contributed by atoms with Crippen LogP contribution in [-0.2, 0) is 22.4 Å². The molecule has 2 amide bonds. The highest BCUT2D eigenvalue weighted by Gasteiger charge is 2.25. The lowest BCUT2D eigenvalue weighted by molar-refractivity contribution is -0.118. The Morgan fingerprint density at radius 2 is 1.48 bits per heavy atom. The van der Waals surface area contributed by atoms with Crippen molar-refractivity contribution in [3.63, 3.8) is 0 Å². The normalized spacial score (nSPS) is 13.0. The molecule has 0 saturated heterocycles. The Bertz CT molecular complexity index is 1120. The first-order valence-corrected chi connectivity index (χ1v) is 12.3. The van der Waals surface area contributed by atoms with E-state index < -0.39 is 0 Å². The minimum absolute atomic E-state index is 0.00138. The van der Waals surface area contributed by atoms with Crippen molar-refractivity contribution < 1.29 is 9.59 Å². The van der Waals surface area contributed by atoms with Crippen molar-refractivity contribution in [3.05, 3.63) is 83.9 Å². The molecular weight excluding hydrogens is 428 g/mol. The number of nitrogens with one attached hydrogen (secondary N) is 1. The zero-order valence-corrected chi connectivity index (χ0v) is 20.2. The van der Waals surface area contributed by atoms with Gasteiger partial charge in [0.25, 0.3) is 0 Å². The summed E-state index contributed by atoms with van der Waals surface area (Å²) in [5.41, 5.74) is 5.01. The molecule has 1 N–H and O–H groups in total. The van der Waals surface area contributed by atoms with Crippen LogP contribution < -0.4 is 10.2 Å². The number of carbonyl (C=O) groups is 2. The number of fused-ring (bicyclic) bond motifs is 2. The molecule has 3 aromatic carbocycles. The molecule has 4 rings (SSSR count). The Balaban J connectivity index is 1.50. The molecule has 1 heterocycles. The fourth-order valence-corrected chi connectivity index (χ4v) is 4.91. The molecule has 0 radical (unpaired) electrons. The molecule has 33 heavy (non-hydrogen) atoms. The van der Waals surface area contributed by atoms with Crippen molar-refractivity contribution in [2.45, 2.75) is 44.9 Å². The minimum Gasteiger partial charge on any atom is -0.326 e. The highest BCUT2D eigenvalue weighted by molar-refractivity contribution is 8.00. The summed E-state index contributed by atoms with van der Waals surface area (Å²) in [5, 5.41) is 2.98. The van der Waals surface area contributed by atoms with Crippen molar-refractivity contribution in [1.82, 2.24) is 0 Å². The second-order valence-electron chi connectivity index (χ2n) is 9.59. The molecule has 170 valence electrons. The van der Waals surface area contributed by atoms with E-state index in [0.717, 1.165) is 34.8 Å². The van der Waals surface area contributed by atoms with Crippen LogP contribution in [0.4, 0.5) is 17.1 Å². The van der Waals surface area contributed by atoms with Crippen LogP contribution in [0.15, 0.2) is 77.7 Å². The van der Waals surface area contributed by atoms with E-state index in [1.807, 2.05) is 86.3 Å². The summed E-state index contributed by atoms with van der Waals surface area (Å²) in [6.07, 6.45) is 2.29. The lowest BCUT2D eigenvalue weighted by atomic mass is 9.92. The van der Waals surface area contributed by atoms with Crippen LogP contribution in [0.2, 0.25) is 0 Å². The van der Waals surface area contributed by atoms with Crippen LogP contribution in [0, 0.1) is 5.41 Å². The van der Waals surface area contributed by atoms with E-state index in [2.05, 4.69) is 17.4 Å². The zero-order valence-electron chi connectivity index (χ0n) is 19.4. The number of thioether (sulfide) groups is 1. The Hall–Kier alpha value is -3.05. The van der Waals surface area contributed by atoms with E-state index in [1.165, 1.54) is 22.9 Å². The van der Waals surface area contributed by atoms with Crippen molar-refractivity contribution >= 4 is 40.6 Å². The summed E-state index contributed by atoms with van der Waals surface area (Å²) in [6, 6.07) is 24.0. The van der Waals surface area contributed by atoms with Crippen molar-refractivity contribution in [2.24, 2.45) is 5.41 Å². The molecule has 0 atom stereocenters. The van der Waals surface area contributed by atoms with Crippen LogP contribution >= 0.6 is 11.8 Å². The summed E-state index contributed by atoms with van der Waals surface area (Å²) in [6.45, 7) is 6.14. The van der Waals surface area contributed by atoms with Gasteiger partial charge in [0.05, 0.1) is 17.1 Å². The number of nitrogens with zero attached hydrogens (tertiary/aromatic N) is 1. The van der Waals surface area contributed by atoms with E-state index in [0.29, 0.717) is 12.2 Å². The van der Waals surface area contributed by atoms with Gasteiger partial charge in [-0.25, -0.2) is 0 Å². The third-order valence-electron chi connectivity index (χ3n) is 5.55. The van der Waals surface area contributed by atoms with Crippen LogP contribution in [0.25, 0.3) is 0 Å². The third-order valence-corrected chi connectivity index (χ3v) is 6.53. The summed E-state index contributed by atoms with van der Waals surface area (Å²) in [4.78, 5) is 28.6. The first-order valence-electron chi connectivity index (χ1n) is 11.3. The molecule has 4 nitrogen and oxygen atoms in total. The lowest BCUT2D eigenvalue weighted by Crippen LogP contribution is -2.28. The quantitative estimate of drug-likeness (QED) is 0.437. The van der Waals surface area contributed by atoms with Crippen molar-refractivity contribution in [2.75, 3.05) is 16.0 Å². The number of amides is 2. The Morgan fingerprint density at radius 3 is 2.09 bits per heavy atom. The van der Waals surface area contributed by atoms with Gasteiger partial charge >= 0.3 is 0 Å². The first kappa shape index (κ1) is 23.1. The minimum atomic E-state index is -0.0669. The third kappa shape index (κ3) is 5.85. The fourth-order valence-electron chi connectivity index (χ4n) is 4.11. The maximum absolute atomic E-state index is 13.5. The standard InChI is InChI=1S/C28H30N2O2S/c1-28(2,3)18-26(31)29-22-11-8-12-23(17-22)33-19-27(32)30-24-13-6-4-9-20(24)15-16-21-10-5-7-14-25(21)30/h4-14,17H,15-16,18-19H2,1-3H3,(H,29,31). The number of aryl methyl sites for hydroxylation is 2. The smallest absolute Gasteiger partial charge is 0.241 e. The Labute approximate surface area is 200 Å². The lowest BCUT2D eigenvalue weighted by Gasteiger charge is -2.25. The number of hydrogen-bond donors (Lipinski definition) is 1. The van der Waals surface area contributed by atoms with Crippen LogP contribution in [0.1, 0.15) is 38.3 Å². The number of para-hydroxylation sites is 2. The molecule has 0 saturated carbocycles.